The van der Waals surface area contributed by atoms with Crippen LogP contribution in [0.3, 0.4) is 0 Å². The molecule has 0 saturated carbocycles. The highest BCUT2D eigenvalue weighted by molar-refractivity contribution is 14.1. The Kier molecular flexibility index (Phi) is 17.7. The number of nitrogens with one attached hydrogen (secondary N) is 1. The molecule has 0 fully saturated rings. The Labute approximate surface area is 298 Å². The third kappa shape index (κ3) is 12.3. The van der Waals surface area contributed by atoms with Crippen LogP contribution in [-0.4, -0.2) is 77.1 Å². The second-order valence-electron chi connectivity index (χ2n) is 12.3. The van der Waals surface area contributed by atoms with E-state index in [2.05, 4.69) is 34.8 Å². The fraction of sp³-hybridized carbons (Fsp3) is 0.568. The van der Waals surface area contributed by atoms with E-state index in [4.69, 9.17) is 9.47 Å². The van der Waals surface area contributed by atoms with E-state index in [0.717, 1.165) is 19.3 Å². The molecule has 0 aliphatic heterocycles. The Morgan fingerprint density at radius 3 is 2.38 bits per heavy atom. The number of methoxy groups -OCH3 is 1. The van der Waals surface area contributed by atoms with Crippen molar-refractivity contribution in [1.82, 2.24) is 10.2 Å². The maximum absolute atomic E-state index is 14.0. The predicted octanol–water partition coefficient (Wildman–Crippen LogP) is 5.84. The molecule has 2 aromatic carbocycles. The normalized spacial score (nSPS) is 17.5. The Bertz CT molecular complexity index is 1340. The van der Waals surface area contributed by atoms with Crippen molar-refractivity contribution < 1.29 is 38.8 Å². The number of carbonyl (C=O) groups excluding carboxylic acids is 2. The summed E-state index contributed by atoms with van der Waals surface area (Å²) in [7, 11) is 1.47. The zero-order valence-electron chi connectivity index (χ0n) is 28.3. The van der Waals surface area contributed by atoms with Crippen LogP contribution in [0.15, 0.2) is 48.0 Å². The van der Waals surface area contributed by atoms with Gasteiger partial charge in [-0.3, -0.25) is 9.59 Å². The van der Waals surface area contributed by atoms with Crippen LogP contribution in [0.4, 0.5) is 4.39 Å². The molecule has 3 atom stereocenters. The average Bonchev–Trinajstić information content (AvgIpc) is 3.08. The summed E-state index contributed by atoms with van der Waals surface area (Å²) in [4.78, 5) is 28.8. The van der Waals surface area contributed by atoms with Crippen molar-refractivity contribution in [1.29, 1.82) is 0 Å². The molecule has 0 heterocycles. The monoisotopic (exact) mass is 782 g/mol. The van der Waals surface area contributed by atoms with Gasteiger partial charge in [-0.2, -0.15) is 0 Å². The summed E-state index contributed by atoms with van der Waals surface area (Å²) >= 11 is 2.06. The highest BCUT2D eigenvalue weighted by Crippen LogP contribution is 2.37. The van der Waals surface area contributed by atoms with Gasteiger partial charge in [-0.1, -0.05) is 70.4 Å². The number of rotatable bonds is 21. The molecule has 0 bridgehead atoms. The zero-order chi connectivity index (χ0) is 34.9. The van der Waals surface area contributed by atoms with Crippen molar-refractivity contribution in [3.8, 4) is 11.5 Å². The Morgan fingerprint density at radius 2 is 1.73 bits per heavy atom. The summed E-state index contributed by atoms with van der Waals surface area (Å²) < 4.78 is 26.5. The molecule has 0 radical (unpaired) electrons. The van der Waals surface area contributed by atoms with Crippen LogP contribution in [0, 0.1) is 9.39 Å². The van der Waals surface area contributed by atoms with Crippen LogP contribution in [0.2, 0.25) is 0 Å². The minimum Gasteiger partial charge on any atom is -0.493 e. The summed E-state index contributed by atoms with van der Waals surface area (Å²) in [6, 6.07) is 8.80. The number of nitrogens with zero attached hydrogens (tertiary/aromatic N) is 1. The lowest BCUT2D eigenvalue weighted by molar-refractivity contribution is -0.138. The second kappa shape index (κ2) is 21.4. The smallest absolute Gasteiger partial charge is 0.247 e. The largest absolute Gasteiger partial charge is 0.493 e. The number of aliphatic hydroxyl groups excluding tert-OH is 3. The number of amides is 2. The first-order chi connectivity index (χ1) is 23.2. The predicted molar refractivity (Wildman–Crippen MR) is 192 cm³/mol. The summed E-state index contributed by atoms with van der Waals surface area (Å²) in [5, 5.41) is 33.5. The van der Waals surface area contributed by atoms with E-state index in [-0.39, 0.29) is 50.9 Å². The Hall–Kier alpha value is -2.74. The molecule has 1 aliphatic carbocycles. The lowest BCUT2D eigenvalue weighted by atomic mass is 9.87. The summed E-state index contributed by atoms with van der Waals surface area (Å²) in [6.45, 7) is 2.03. The van der Waals surface area contributed by atoms with E-state index < -0.39 is 24.2 Å². The van der Waals surface area contributed by atoms with Crippen molar-refractivity contribution in [3.05, 3.63) is 68.6 Å². The van der Waals surface area contributed by atoms with Gasteiger partial charge in [0.1, 0.15) is 18.0 Å². The molecular formula is C37H52FIN2O7. The second-order valence-corrected chi connectivity index (χ2v) is 13.5. The minimum absolute atomic E-state index is 0.0457. The van der Waals surface area contributed by atoms with E-state index >= 15 is 0 Å². The van der Waals surface area contributed by atoms with Gasteiger partial charge in [-0.15, -0.1) is 0 Å². The third-order valence-electron chi connectivity index (χ3n) is 8.69. The number of benzene rings is 2. The zero-order valence-corrected chi connectivity index (χ0v) is 30.4. The number of ether oxygens (including phenoxy) is 2. The van der Waals surface area contributed by atoms with E-state index in [9.17, 15) is 29.3 Å². The molecule has 0 spiro atoms. The number of hydrogen-bond acceptors (Lipinski definition) is 7. The van der Waals surface area contributed by atoms with Crippen LogP contribution in [0.25, 0.3) is 0 Å². The number of hydrogen-bond donors (Lipinski definition) is 4. The fourth-order valence-electron chi connectivity index (χ4n) is 6.04. The fourth-order valence-corrected chi connectivity index (χ4v) is 6.84. The van der Waals surface area contributed by atoms with Crippen molar-refractivity contribution in [2.75, 3.05) is 26.8 Å². The van der Waals surface area contributed by atoms with Crippen molar-refractivity contribution in [2.24, 2.45) is 0 Å². The van der Waals surface area contributed by atoms with Crippen molar-refractivity contribution in [3.63, 3.8) is 0 Å². The first kappa shape index (κ1) is 39.7. The molecule has 2 amide bonds. The van der Waals surface area contributed by atoms with Crippen LogP contribution >= 0.6 is 22.6 Å². The van der Waals surface area contributed by atoms with E-state index in [0.29, 0.717) is 44.6 Å². The van der Waals surface area contributed by atoms with E-state index in [1.54, 1.807) is 35.2 Å². The molecule has 3 rings (SSSR count). The number of carbonyl (C=O) groups is 2. The maximum Gasteiger partial charge on any atom is 0.247 e. The first-order valence-corrected chi connectivity index (χ1v) is 18.3. The number of aliphatic hydroxyl groups is 3. The molecule has 3 unspecified atom stereocenters. The lowest BCUT2D eigenvalue weighted by Gasteiger charge is -2.41. The van der Waals surface area contributed by atoms with Gasteiger partial charge in [0.2, 0.25) is 11.8 Å². The average molecular weight is 783 g/mol. The molecule has 48 heavy (non-hydrogen) atoms. The topological polar surface area (TPSA) is 129 Å². The lowest BCUT2D eigenvalue weighted by Crippen LogP contribution is -2.55. The van der Waals surface area contributed by atoms with Gasteiger partial charge in [-0.25, -0.2) is 4.39 Å². The summed E-state index contributed by atoms with van der Waals surface area (Å²) in [5.74, 6) is -0.257. The Morgan fingerprint density at radius 1 is 1.02 bits per heavy atom. The van der Waals surface area contributed by atoms with Gasteiger partial charge in [0.15, 0.2) is 11.5 Å². The van der Waals surface area contributed by atoms with Crippen LogP contribution in [0.5, 0.6) is 11.5 Å². The molecule has 4 N–H and O–H groups in total. The first-order valence-electron chi connectivity index (χ1n) is 17.2. The minimum atomic E-state index is -1.21. The SMILES string of the molecule is CCCCCCCCCCCC(=O)N(CCc1cccc(F)c1)C1CC(C(=O)NCCO)=CC(Oc2c(I)cc(CO)cc2OC)C1O. The van der Waals surface area contributed by atoms with Gasteiger partial charge >= 0.3 is 0 Å². The molecular weight excluding hydrogens is 730 g/mol. The van der Waals surface area contributed by atoms with Crippen LogP contribution in [-0.2, 0) is 22.6 Å². The van der Waals surface area contributed by atoms with Crippen molar-refractivity contribution in [2.45, 2.75) is 109 Å². The highest BCUT2D eigenvalue weighted by Gasteiger charge is 2.40. The molecule has 9 nitrogen and oxygen atoms in total. The highest BCUT2D eigenvalue weighted by atomic mass is 127. The van der Waals surface area contributed by atoms with Gasteiger partial charge in [0.25, 0.3) is 0 Å². The van der Waals surface area contributed by atoms with Gasteiger partial charge in [-0.05, 0) is 76.9 Å². The molecule has 1 aliphatic rings. The van der Waals surface area contributed by atoms with Crippen LogP contribution in [0.1, 0.15) is 88.7 Å². The standard InChI is InChI=1S/C37H52FIN2O7/c1-3-4-5-6-7-8-9-10-11-15-34(44)41(18-16-26-13-12-14-29(38)20-26)31-23-28(37(46)40-17-19-42)24-32(35(31)45)48-36-30(39)21-27(25-43)22-33(36)47-2/h12-14,20-22,24,31-32,35,42-43,45H,3-11,15-19,23,25H2,1-2H3,(H,40,46). The van der Waals surface area contributed by atoms with Gasteiger partial charge in [0.05, 0.1) is 29.9 Å². The molecule has 11 heteroatoms. The van der Waals surface area contributed by atoms with E-state index in [1.807, 2.05) is 0 Å². The van der Waals surface area contributed by atoms with E-state index in [1.165, 1.54) is 51.3 Å². The van der Waals surface area contributed by atoms with Crippen molar-refractivity contribution >= 4 is 34.4 Å². The Balaban J connectivity index is 1.86. The third-order valence-corrected chi connectivity index (χ3v) is 9.49. The molecule has 0 saturated heterocycles. The molecule has 0 aromatic heterocycles. The molecule has 2 aromatic rings. The maximum atomic E-state index is 14.0. The summed E-state index contributed by atoms with van der Waals surface area (Å²) in [6.07, 6.45) is 10.0. The van der Waals surface area contributed by atoms with Crippen LogP contribution < -0.4 is 14.8 Å². The quantitative estimate of drug-likeness (QED) is 0.0927. The van der Waals surface area contributed by atoms with Gasteiger partial charge < -0.3 is 35.0 Å². The summed E-state index contributed by atoms with van der Waals surface area (Å²) in [5.41, 5.74) is 1.65. The van der Waals surface area contributed by atoms with Gasteiger partial charge in [0, 0.05) is 31.5 Å². The molecule has 266 valence electrons. The number of halogens is 2. The number of unbranched alkanes of at least 4 members (excludes halogenated alkanes) is 8.